The van der Waals surface area contributed by atoms with Gasteiger partial charge >= 0.3 is 0 Å². The largest absolute Gasteiger partial charge is 0.361 e. The second-order valence-electron chi connectivity index (χ2n) is 8.01. The van der Waals surface area contributed by atoms with Gasteiger partial charge < -0.3 is 9.64 Å². The maximum atomic E-state index is 6.01. The predicted molar refractivity (Wildman–Crippen MR) is 101 cm³/mol. The zero-order valence-electron chi connectivity index (χ0n) is 15.9. The van der Waals surface area contributed by atoms with Crippen LogP contribution < -0.4 is 4.90 Å². The van der Waals surface area contributed by atoms with Crippen LogP contribution in [0, 0.1) is 0 Å². The molecule has 1 atom stereocenters. The Morgan fingerprint density at radius 1 is 1.28 bits per heavy atom. The number of tetrazole rings is 1. The molecule has 0 aromatic carbocycles. The number of fused-ring (bicyclic) bond motifs is 1. The number of hydrogen-bond donors (Lipinski definition) is 0. The molecule has 0 aliphatic carbocycles. The second-order valence-corrected chi connectivity index (χ2v) is 13.6. The monoisotopic (exact) mass is 360 g/mol. The van der Waals surface area contributed by atoms with Gasteiger partial charge in [0, 0.05) is 27.8 Å². The molecule has 0 saturated carbocycles. The molecular weight excluding hydrogens is 332 g/mol. The van der Waals surface area contributed by atoms with Gasteiger partial charge in [-0.1, -0.05) is 25.7 Å². The van der Waals surface area contributed by atoms with Crippen LogP contribution in [0.15, 0.2) is 12.1 Å². The molecule has 7 nitrogen and oxygen atoms in total. The van der Waals surface area contributed by atoms with Crippen LogP contribution in [-0.4, -0.2) is 52.6 Å². The van der Waals surface area contributed by atoms with E-state index in [0.717, 1.165) is 31.0 Å². The summed E-state index contributed by atoms with van der Waals surface area (Å²) in [5, 5.41) is 11.7. The lowest BCUT2D eigenvalue weighted by Crippen LogP contribution is -2.40. The fraction of sp³-hybridized carbons (Fsp3) is 0.647. The van der Waals surface area contributed by atoms with Crippen molar-refractivity contribution in [3.05, 3.63) is 17.7 Å². The first kappa shape index (κ1) is 18.0. The second kappa shape index (κ2) is 7.21. The van der Waals surface area contributed by atoms with Crippen LogP contribution in [0.25, 0.3) is 11.5 Å². The Hall–Kier alpha value is -1.80. The summed E-state index contributed by atoms with van der Waals surface area (Å²) in [5.41, 5.74) is 2.07. The highest BCUT2D eigenvalue weighted by Gasteiger charge is 2.26. The highest BCUT2D eigenvalue weighted by Crippen LogP contribution is 2.30. The first-order chi connectivity index (χ1) is 11.8. The third-order valence-corrected chi connectivity index (χ3v) is 6.37. The maximum absolute atomic E-state index is 6.01. The summed E-state index contributed by atoms with van der Waals surface area (Å²) >= 11 is 0. The van der Waals surface area contributed by atoms with E-state index in [2.05, 4.69) is 53.1 Å². The van der Waals surface area contributed by atoms with Crippen LogP contribution >= 0.6 is 0 Å². The van der Waals surface area contributed by atoms with E-state index in [1.54, 1.807) is 4.68 Å². The van der Waals surface area contributed by atoms with E-state index < -0.39 is 8.07 Å². The Balaban J connectivity index is 1.78. The molecule has 136 valence electrons. The summed E-state index contributed by atoms with van der Waals surface area (Å²) in [5.74, 6) is 1.69. The lowest BCUT2D eigenvalue weighted by molar-refractivity contribution is 0.138. The number of aryl methyl sites for hydroxylation is 2. The first-order valence-electron chi connectivity index (χ1n) is 8.92. The van der Waals surface area contributed by atoms with E-state index in [-0.39, 0.29) is 0 Å². The van der Waals surface area contributed by atoms with Gasteiger partial charge in [0.1, 0.15) is 18.2 Å². The molecule has 1 aliphatic heterocycles. The Kier molecular flexibility index (Phi) is 5.19. The van der Waals surface area contributed by atoms with E-state index in [4.69, 9.17) is 9.72 Å². The quantitative estimate of drug-likeness (QED) is 0.583. The molecule has 25 heavy (non-hydrogen) atoms. The van der Waals surface area contributed by atoms with Crippen molar-refractivity contribution in [1.82, 2.24) is 25.2 Å². The Morgan fingerprint density at radius 2 is 2.08 bits per heavy atom. The van der Waals surface area contributed by atoms with Crippen LogP contribution in [0.4, 0.5) is 5.82 Å². The molecule has 0 amide bonds. The topological polar surface area (TPSA) is 69.0 Å². The normalized spacial score (nSPS) is 17.6. The number of ether oxygens (including phenoxy) is 1. The molecule has 3 heterocycles. The summed E-state index contributed by atoms with van der Waals surface area (Å²) in [6.07, 6.45) is 2.17. The number of anilines is 1. The highest BCUT2D eigenvalue weighted by molar-refractivity contribution is 6.76. The van der Waals surface area contributed by atoms with E-state index in [1.165, 1.54) is 11.6 Å². The standard InChI is InChI=1S/C17H28N6OSi/c1-13-6-7-14-8-9-15(17-19-20-21-22(17)2)18-16(14)23(13)12-24-10-11-25(3,4)5/h8-9,13H,6-7,10-12H2,1-5H3. The van der Waals surface area contributed by atoms with Crippen molar-refractivity contribution in [3.63, 3.8) is 0 Å². The number of rotatable bonds is 6. The van der Waals surface area contributed by atoms with Crippen LogP contribution in [0.5, 0.6) is 0 Å². The molecule has 0 N–H and O–H groups in total. The van der Waals surface area contributed by atoms with Crippen molar-refractivity contribution in [2.45, 2.75) is 51.5 Å². The Labute approximate surface area is 150 Å². The van der Waals surface area contributed by atoms with Gasteiger partial charge in [-0.2, -0.15) is 0 Å². The van der Waals surface area contributed by atoms with Crippen molar-refractivity contribution in [2.75, 3.05) is 18.2 Å². The van der Waals surface area contributed by atoms with Gasteiger partial charge in [-0.3, -0.25) is 0 Å². The van der Waals surface area contributed by atoms with Crippen molar-refractivity contribution in [3.8, 4) is 11.5 Å². The van der Waals surface area contributed by atoms with Crippen molar-refractivity contribution in [2.24, 2.45) is 7.05 Å². The molecule has 2 aromatic rings. The van der Waals surface area contributed by atoms with Gasteiger partial charge in [0.2, 0.25) is 0 Å². The zero-order valence-corrected chi connectivity index (χ0v) is 16.9. The average molecular weight is 361 g/mol. The van der Waals surface area contributed by atoms with Gasteiger partial charge in [0.25, 0.3) is 0 Å². The molecule has 1 aliphatic rings. The van der Waals surface area contributed by atoms with Crippen LogP contribution in [0.2, 0.25) is 25.7 Å². The molecule has 3 rings (SSSR count). The van der Waals surface area contributed by atoms with E-state index in [1.807, 2.05) is 13.1 Å². The van der Waals surface area contributed by atoms with Crippen LogP contribution in [0.1, 0.15) is 18.9 Å². The van der Waals surface area contributed by atoms with Gasteiger partial charge in [0.05, 0.1) is 0 Å². The molecule has 2 aromatic heterocycles. The minimum absolute atomic E-state index is 0.416. The van der Waals surface area contributed by atoms with Gasteiger partial charge in [0.15, 0.2) is 5.82 Å². The minimum atomic E-state index is -1.07. The van der Waals surface area contributed by atoms with Crippen molar-refractivity contribution < 1.29 is 4.74 Å². The van der Waals surface area contributed by atoms with Gasteiger partial charge in [-0.05, 0) is 47.9 Å². The number of nitrogens with zero attached hydrogens (tertiary/aromatic N) is 6. The molecule has 1 unspecified atom stereocenters. The maximum Gasteiger partial charge on any atom is 0.200 e. The third kappa shape index (κ3) is 4.24. The molecule has 8 heteroatoms. The van der Waals surface area contributed by atoms with Gasteiger partial charge in [-0.25, -0.2) is 9.67 Å². The lowest BCUT2D eigenvalue weighted by atomic mass is 10.00. The SMILES string of the molecule is CC1CCc2ccc(-c3nnnn3C)nc2N1COCC[Si](C)(C)C. The molecule has 0 radical (unpaired) electrons. The van der Waals surface area contributed by atoms with E-state index >= 15 is 0 Å². The Bertz CT molecular complexity index is 726. The molecular formula is C17H28N6OSi. The molecule has 0 fully saturated rings. The minimum Gasteiger partial charge on any atom is -0.361 e. The fourth-order valence-electron chi connectivity index (χ4n) is 2.95. The molecule has 0 spiro atoms. The van der Waals surface area contributed by atoms with Crippen molar-refractivity contribution >= 4 is 13.9 Å². The van der Waals surface area contributed by atoms with Crippen LogP contribution in [0.3, 0.4) is 0 Å². The van der Waals surface area contributed by atoms with Crippen molar-refractivity contribution in [1.29, 1.82) is 0 Å². The summed E-state index contributed by atoms with van der Waals surface area (Å²) in [6.45, 7) is 10.8. The smallest absolute Gasteiger partial charge is 0.200 e. The Morgan fingerprint density at radius 3 is 2.76 bits per heavy atom. The predicted octanol–water partition coefficient (Wildman–Crippen LogP) is 2.73. The highest BCUT2D eigenvalue weighted by atomic mass is 28.3. The lowest BCUT2D eigenvalue weighted by Gasteiger charge is -2.36. The first-order valence-corrected chi connectivity index (χ1v) is 12.6. The van der Waals surface area contributed by atoms with Gasteiger partial charge in [-0.15, -0.1) is 5.10 Å². The molecule has 0 saturated heterocycles. The number of hydrogen-bond acceptors (Lipinski definition) is 6. The van der Waals surface area contributed by atoms with Crippen LogP contribution in [-0.2, 0) is 18.2 Å². The number of aromatic nitrogens is 5. The summed E-state index contributed by atoms with van der Waals surface area (Å²) in [4.78, 5) is 7.14. The summed E-state index contributed by atoms with van der Waals surface area (Å²) < 4.78 is 7.65. The number of pyridine rings is 1. The molecule has 0 bridgehead atoms. The fourth-order valence-corrected chi connectivity index (χ4v) is 3.71. The third-order valence-electron chi connectivity index (χ3n) is 4.67. The van der Waals surface area contributed by atoms with E-state index in [0.29, 0.717) is 18.6 Å². The van der Waals surface area contributed by atoms with E-state index in [9.17, 15) is 0 Å². The summed E-state index contributed by atoms with van der Waals surface area (Å²) in [6, 6.07) is 5.75. The summed E-state index contributed by atoms with van der Waals surface area (Å²) in [7, 11) is 0.761. The average Bonchev–Trinajstić information content (AvgIpc) is 2.98. The zero-order chi connectivity index (χ0) is 18.0.